The molecule has 0 saturated heterocycles. The average molecular weight is 290 g/mol. The van der Waals surface area contributed by atoms with Gasteiger partial charge in [0.2, 0.25) is 0 Å². The molecule has 0 aromatic heterocycles. The van der Waals surface area contributed by atoms with Gasteiger partial charge in [-0.2, -0.15) is 0 Å². The minimum Gasteiger partial charge on any atom is -0.303 e. The molecule has 0 unspecified atom stereocenters. The summed E-state index contributed by atoms with van der Waals surface area (Å²) in [6.45, 7) is 2.02. The van der Waals surface area contributed by atoms with Crippen LogP contribution in [-0.4, -0.2) is 6.29 Å². The number of aldehydes is 1. The quantitative estimate of drug-likeness (QED) is 0.438. The first-order valence-corrected chi connectivity index (χ1v) is 7.64. The van der Waals surface area contributed by atoms with E-state index in [2.05, 4.69) is 59.2 Å². The highest BCUT2D eigenvalue weighted by molar-refractivity contribution is 5.48. The number of rotatable bonds is 4. The highest BCUT2D eigenvalue weighted by atomic mass is 16.1. The molecule has 22 heavy (non-hydrogen) atoms. The summed E-state index contributed by atoms with van der Waals surface area (Å²) in [7, 11) is 0. The monoisotopic (exact) mass is 290 g/mol. The number of unbranched alkanes of at least 4 members (excludes halogenated alkanes) is 3. The van der Waals surface area contributed by atoms with Crippen LogP contribution in [-0.2, 0) is 4.79 Å². The van der Waals surface area contributed by atoms with Crippen LogP contribution < -0.4 is 0 Å². The molecular weight excluding hydrogens is 268 g/mol. The van der Waals surface area contributed by atoms with Gasteiger partial charge in [0.25, 0.3) is 0 Å². The zero-order valence-electron chi connectivity index (χ0n) is 13.3. The third kappa shape index (κ3) is 17.5. The SMILES string of the molecule is CCC#CCC#CCC#CCC#CCC#CCCCCC=O. The second-order valence-corrected chi connectivity index (χ2v) is 4.24. The van der Waals surface area contributed by atoms with Crippen LogP contribution in [0.2, 0.25) is 0 Å². The zero-order valence-corrected chi connectivity index (χ0v) is 13.3. The Morgan fingerprint density at radius 3 is 1.55 bits per heavy atom. The van der Waals surface area contributed by atoms with Gasteiger partial charge in [0.05, 0.1) is 25.7 Å². The molecule has 0 spiro atoms. The van der Waals surface area contributed by atoms with E-state index in [1.807, 2.05) is 6.92 Å². The molecule has 0 rings (SSSR count). The van der Waals surface area contributed by atoms with E-state index in [4.69, 9.17) is 0 Å². The molecule has 0 aliphatic heterocycles. The second-order valence-electron chi connectivity index (χ2n) is 4.24. The Kier molecular flexibility index (Phi) is 16.3. The van der Waals surface area contributed by atoms with Crippen molar-refractivity contribution >= 4 is 6.29 Å². The topological polar surface area (TPSA) is 17.1 Å². The molecule has 0 aliphatic carbocycles. The fourth-order valence-corrected chi connectivity index (χ4v) is 1.33. The van der Waals surface area contributed by atoms with Gasteiger partial charge in [-0.05, 0) is 12.8 Å². The van der Waals surface area contributed by atoms with E-state index in [-0.39, 0.29) is 0 Å². The third-order valence-corrected chi connectivity index (χ3v) is 2.38. The van der Waals surface area contributed by atoms with Crippen LogP contribution in [0.25, 0.3) is 0 Å². The van der Waals surface area contributed by atoms with E-state index in [9.17, 15) is 4.79 Å². The van der Waals surface area contributed by atoms with Crippen LogP contribution in [0.4, 0.5) is 0 Å². The summed E-state index contributed by atoms with van der Waals surface area (Å²) in [5.74, 6) is 29.8. The van der Waals surface area contributed by atoms with Gasteiger partial charge in [-0.15, -0.1) is 11.8 Å². The average Bonchev–Trinajstić information content (AvgIpc) is 2.54. The maximum atomic E-state index is 10.1. The summed E-state index contributed by atoms with van der Waals surface area (Å²) in [6.07, 6.45) is 7.58. The second kappa shape index (κ2) is 18.5. The van der Waals surface area contributed by atoms with Crippen molar-refractivity contribution in [3.63, 3.8) is 0 Å². The van der Waals surface area contributed by atoms with Crippen molar-refractivity contribution in [1.29, 1.82) is 0 Å². The molecule has 0 N–H and O–H groups in total. The van der Waals surface area contributed by atoms with Crippen molar-refractivity contribution in [2.45, 2.75) is 64.7 Å². The molecule has 0 amide bonds. The number of carbonyl (C=O) groups excluding carboxylic acids is 1. The Balaban J connectivity index is 3.62. The molecule has 1 nitrogen and oxygen atoms in total. The van der Waals surface area contributed by atoms with Crippen molar-refractivity contribution in [2.75, 3.05) is 0 Å². The van der Waals surface area contributed by atoms with Gasteiger partial charge < -0.3 is 4.79 Å². The van der Waals surface area contributed by atoms with Crippen LogP contribution in [0.3, 0.4) is 0 Å². The van der Waals surface area contributed by atoms with Gasteiger partial charge in [-0.1, -0.05) is 54.3 Å². The Bertz CT molecular complexity index is 597. The largest absolute Gasteiger partial charge is 0.303 e. The standard InChI is InChI=1S/C21H22O/c1-2-3-4-5-6-7-8-9-10-11-12-13-14-15-16-17-18-19-20-21-22/h21H,2,5,8,11,14,17-20H2,1H3. The molecule has 0 aromatic carbocycles. The molecule has 1 heteroatoms. The lowest BCUT2D eigenvalue weighted by atomic mass is 10.2. The highest BCUT2D eigenvalue weighted by Gasteiger charge is 1.83. The maximum absolute atomic E-state index is 10.1. The predicted molar refractivity (Wildman–Crippen MR) is 92.2 cm³/mol. The van der Waals surface area contributed by atoms with E-state index < -0.39 is 0 Å². The Hall–Kier alpha value is -2.53. The Morgan fingerprint density at radius 2 is 1.09 bits per heavy atom. The molecule has 0 heterocycles. The van der Waals surface area contributed by atoms with Gasteiger partial charge in [-0.25, -0.2) is 0 Å². The summed E-state index contributed by atoms with van der Waals surface area (Å²) in [4.78, 5) is 10.1. The molecule has 0 bridgehead atoms. The predicted octanol–water partition coefficient (Wildman–Crippen LogP) is 3.73. The highest BCUT2D eigenvalue weighted by Crippen LogP contribution is 1.95. The molecule has 0 radical (unpaired) electrons. The molecule has 0 fully saturated rings. The summed E-state index contributed by atoms with van der Waals surface area (Å²) in [5, 5.41) is 0. The summed E-state index contributed by atoms with van der Waals surface area (Å²) >= 11 is 0. The minimum absolute atomic E-state index is 0.568. The van der Waals surface area contributed by atoms with Crippen LogP contribution in [0.15, 0.2) is 0 Å². The normalized spacial score (nSPS) is 7.32. The molecule has 112 valence electrons. The van der Waals surface area contributed by atoms with E-state index in [1.165, 1.54) is 0 Å². The Morgan fingerprint density at radius 1 is 0.636 bits per heavy atom. The van der Waals surface area contributed by atoms with Gasteiger partial charge >= 0.3 is 0 Å². The third-order valence-electron chi connectivity index (χ3n) is 2.38. The van der Waals surface area contributed by atoms with E-state index >= 15 is 0 Å². The zero-order chi connectivity index (χ0) is 16.1. The molecule has 0 aliphatic rings. The smallest absolute Gasteiger partial charge is 0.119 e. The van der Waals surface area contributed by atoms with Crippen LogP contribution >= 0.6 is 0 Å². The molecular formula is C21H22O. The van der Waals surface area contributed by atoms with Crippen LogP contribution in [0.5, 0.6) is 0 Å². The summed E-state index contributed by atoms with van der Waals surface area (Å²) in [5.41, 5.74) is 0. The van der Waals surface area contributed by atoms with Gasteiger partial charge in [0.1, 0.15) is 6.29 Å². The fourth-order valence-electron chi connectivity index (χ4n) is 1.33. The Labute approximate surface area is 135 Å². The summed E-state index contributed by atoms with van der Waals surface area (Å²) < 4.78 is 0. The maximum Gasteiger partial charge on any atom is 0.119 e. The lowest BCUT2D eigenvalue weighted by Crippen LogP contribution is -1.76. The van der Waals surface area contributed by atoms with Crippen LogP contribution in [0.1, 0.15) is 64.7 Å². The van der Waals surface area contributed by atoms with E-state index in [1.54, 1.807) is 0 Å². The van der Waals surface area contributed by atoms with Gasteiger partial charge in [0.15, 0.2) is 0 Å². The number of hydrogen-bond donors (Lipinski definition) is 0. The lowest BCUT2D eigenvalue weighted by molar-refractivity contribution is -0.107. The minimum atomic E-state index is 0.568. The van der Waals surface area contributed by atoms with Gasteiger partial charge in [-0.3, -0.25) is 0 Å². The van der Waals surface area contributed by atoms with E-state index in [0.717, 1.165) is 32.0 Å². The van der Waals surface area contributed by atoms with Crippen molar-refractivity contribution in [3.05, 3.63) is 0 Å². The van der Waals surface area contributed by atoms with Crippen molar-refractivity contribution < 1.29 is 4.79 Å². The number of hydrogen-bond acceptors (Lipinski definition) is 1. The summed E-state index contributed by atoms with van der Waals surface area (Å²) in [6, 6.07) is 0. The lowest BCUT2D eigenvalue weighted by Gasteiger charge is -1.86. The first-order valence-electron chi connectivity index (χ1n) is 7.64. The van der Waals surface area contributed by atoms with Gasteiger partial charge in [0, 0.05) is 19.3 Å². The number of carbonyl (C=O) groups is 1. The van der Waals surface area contributed by atoms with Crippen molar-refractivity contribution in [2.24, 2.45) is 0 Å². The first kappa shape index (κ1) is 19.5. The van der Waals surface area contributed by atoms with Crippen molar-refractivity contribution in [3.8, 4) is 59.2 Å². The molecule has 0 aromatic rings. The van der Waals surface area contributed by atoms with Crippen LogP contribution in [0, 0.1) is 59.2 Å². The molecule has 0 saturated carbocycles. The van der Waals surface area contributed by atoms with E-state index in [0.29, 0.717) is 32.1 Å². The molecule has 0 atom stereocenters. The first-order chi connectivity index (χ1) is 10.9. The fraction of sp³-hybridized carbons (Fsp3) is 0.476. The van der Waals surface area contributed by atoms with Crippen molar-refractivity contribution in [1.82, 2.24) is 0 Å².